The highest BCUT2D eigenvalue weighted by Gasteiger charge is 2.04. The van der Waals surface area contributed by atoms with Crippen molar-refractivity contribution in [2.75, 3.05) is 20.2 Å². The van der Waals surface area contributed by atoms with Crippen molar-refractivity contribution in [1.82, 2.24) is 15.6 Å². The number of pyridine rings is 1. The summed E-state index contributed by atoms with van der Waals surface area (Å²) in [6, 6.07) is 14.0. The number of nitrogens with one attached hydrogen (secondary N) is 2. The molecule has 0 saturated carbocycles. The van der Waals surface area contributed by atoms with Crippen LogP contribution in [-0.2, 0) is 11.3 Å². The van der Waals surface area contributed by atoms with Crippen molar-refractivity contribution in [3.8, 4) is 0 Å². The van der Waals surface area contributed by atoms with Crippen LogP contribution in [0.1, 0.15) is 30.6 Å². The fourth-order valence-electron chi connectivity index (χ4n) is 2.28. The molecule has 26 heavy (non-hydrogen) atoms. The van der Waals surface area contributed by atoms with E-state index < -0.39 is 0 Å². The van der Waals surface area contributed by atoms with Crippen LogP contribution in [0.2, 0.25) is 5.15 Å². The summed E-state index contributed by atoms with van der Waals surface area (Å²) in [5, 5.41) is 7.02. The summed E-state index contributed by atoms with van der Waals surface area (Å²) in [6.45, 7) is 4.20. The minimum absolute atomic E-state index is 0. The minimum Gasteiger partial charge on any atom is -0.374 e. The Morgan fingerprint density at radius 1 is 1.19 bits per heavy atom. The van der Waals surface area contributed by atoms with Crippen molar-refractivity contribution in [3.05, 3.63) is 64.9 Å². The monoisotopic (exact) mass is 488 g/mol. The lowest BCUT2D eigenvalue weighted by atomic mass is 10.1. The van der Waals surface area contributed by atoms with E-state index in [2.05, 4.69) is 39.7 Å². The van der Waals surface area contributed by atoms with Crippen LogP contribution in [0.25, 0.3) is 0 Å². The molecule has 1 atom stereocenters. The van der Waals surface area contributed by atoms with Crippen LogP contribution in [0.15, 0.2) is 53.7 Å². The minimum atomic E-state index is 0. The van der Waals surface area contributed by atoms with Gasteiger partial charge in [-0.2, -0.15) is 0 Å². The predicted octanol–water partition coefficient (Wildman–Crippen LogP) is 4.19. The number of rotatable bonds is 8. The van der Waals surface area contributed by atoms with E-state index in [1.807, 2.05) is 24.3 Å². The number of hydrogen-bond donors (Lipinski definition) is 2. The van der Waals surface area contributed by atoms with Gasteiger partial charge in [0.2, 0.25) is 0 Å². The van der Waals surface area contributed by atoms with Gasteiger partial charge in [0.15, 0.2) is 5.96 Å². The lowest BCUT2D eigenvalue weighted by Gasteiger charge is -2.15. The molecule has 0 spiro atoms. The van der Waals surface area contributed by atoms with Crippen LogP contribution in [-0.4, -0.2) is 31.1 Å². The molecule has 0 saturated heterocycles. The molecule has 0 fully saturated rings. The SMILES string of the molecule is CN=C(NCCCOC(C)c1ccccc1)NCc1ccc(Cl)nc1.I. The Kier molecular flexibility index (Phi) is 11.2. The Morgan fingerprint density at radius 2 is 1.96 bits per heavy atom. The average Bonchev–Trinajstić information content (AvgIpc) is 2.65. The van der Waals surface area contributed by atoms with Crippen LogP contribution >= 0.6 is 35.6 Å². The summed E-state index contributed by atoms with van der Waals surface area (Å²) in [6.07, 6.45) is 2.76. The summed E-state index contributed by atoms with van der Waals surface area (Å²) in [7, 11) is 1.75. The second-order valence-corrected chi connectivity index (χ2v) is 6.01. The van der Waals surface area contributed by atoms with Gasteiger partial charge in [0.25, 0.3) is 0 Å². The van der Waals surface area contributed by atoms with E-state index in [-0.39, 0.29) is 30.1 Å². The summed E-state index contributed by atoms with van der Waals surface area (Å²) < 4.78 is 5.86. The molecule has 0 amide bonds. The van der Waals surface area contributed by atoms with Crippen LogP contribution < -0.4 is 10.6 Å². The molecule has 0 aliphatic rings. The second kappa shape index (κ2) is 12.9. The molecule has 5 nitrogen and oxygen atoms in total. The maximum absolute atomic E-state index is 5.86. The predicted molar refractivity (Wildman–Crippen MR) is 118 cm³/mol. The quantitative estimate of drug-likeness (QED) is 0.192. The zero-order valence-corrected chi connectivity index (χ0v) is 18.2. The highest BCUT2D eigenvalue weighted by molar-refractivity contribution is 14.0. The topological polar surface area (TPSA) is 58.5 Å². The number of aliphatic imine (C=N–C) groups is 1. The van der Waals surface area contributed by atoms with Crippen molar-refractivity contribution in [2.24, 2.45) is 4.99 Å². The molecule has 0 aliphatic heterocycles. The van der Waals surface area contributed by atoms with Crippen LogP contribution in [0.5, 0.6) is 0 Å². The smallest absolute Gasteiger partial charge is 0.191 e. The van der Waals surface area contributed by atoms with Gasteiger partial charge in [-0.15, -0.1) is 24.0 Å². The van der Waals surface area contributed by atoms with Gasteiger partial charge in [0, 0.05) is 32.9 Å². The van der Waals surface area contributed by atoms with Gasteiger partial charge in [-0.05, 0) is 30.5 Å². The highest BCUT2D eigenvalue weighted by Crippen LogP contribution is 2.15. The first-order valence-electron chi connectivity index (χ1n) is 8.40. The lowest BCUT2D eigenvalue weighted by Crippen LogP contribution is -2.37. The molecule has 1 aromatic heterocycles. The maximum Gasteiger partial charge on any atom is 0.191 e. The zero-order chi connectivity index (χ0) is 17.9. The van der Waals surface area contributed by atoms with E-state index >= 15 is 0 Å². The van der Waals surface area contributed by atoms with E-state index in [1.165, 1.54) is 5.56 Å². The zero-order valence-electron chi connectivity index (χ0n) is 15.1. The van der Waals surface area contributed by atoms with E-state index in [9.17, 15) is 0 Å². The number of nitrogens with zero attached hydrogens (tertiary/aromatic N) is 2. The van der Waals surface area contributed by atoms with E-state index in [4.69, 9.17) is 16.3 Å². The Hall–Kier alpha value is -1.38. The number of benzene rings is 1. The Morgan fingerprint density at radius 3 is 2.62 bits per heavy atom. The average molecular weight is 489 g/mol. The molecule has 7 heteroatoms. The third-order valence-electron chi connectivity index (χ3n) is 3.72. The Labute approximate surface area is 177 Å². The van der Waals surface area contributed by atoms with Crippen molar-refractivity contribution in [1.29, 1.82) is 0 Å². The summed E-state index contributed by atoms with van der Waals surface area (Å²) >= 11 is 5.78. The number of guanidine groups is 1. The first-order valence-corrected chi connectivity index (χ1v) is 8.78. The van der Waals surface area contributed by atoms with Crippen LogP contribution in [0, 0.1) is 0 Å². The van der Waals surface area contributed by atoms with Gasteiger partial charge >= 0.3 is 0 Å². The van der Waals surface area contributed by atoms with E-state index in [0.717, 1.165) is 24.5 Å². The maximum atomic E-state index is 5.86. The lowest BCUT2D eigenvalue weighted by molar-refractivity contribution is 0.0646. The molecular weight excluding hydrogens is 463 g/mol. The molecule has 2 N–H and O–H groups in total. The molecular formula is C19H26ClIN4O. The fourth-order valence-corrected chi connectivity index (χ4v) is 2.39. The molecule has 0 radical (unpaired) electrons. The highest BCUT2D eigenvalue weighted by atomic mass is 127. The number of halogens is 2. The number of aromatic nitrogens is 1. The van der Waals surface area contributed by atoms with Crippen molar-refractivity contribution in [3.63, 3.8) is 0 Å². The Balaban J connectivity index is 0.00000338. The van der Waals surface area contributed by atoms with Gasteiger partial charge in [-0.25, -0.2) is 4.98 Å². The van der Waals surface area contributed by atoms with Gasteiger partial charge in [-0.1, -0.05) is 48.0 Å². The fraction of sp³-hybridized carbons (Fsp3) is 0.368. The molecule has 1 aromatic carbocycles. The molecule has 1 unspecified atom stereocenters. The standard InChI is InChI=1S/C19H25ClN4O.HI/c1-15(17-7-4-3-5-8-17)25-12-6-11-22-19(21-2)24-14-16-9-10-18(20)23-13-16;/h3-5,7-10,13,15H,6,11-12,14H2,1-2H3,(H2,21,22,24);1H. The molecule has 2 rings (SSSR count). The summed E-state index contributed by atoms with van der Waals surface area (Å²) in [4.78, 5) is 8.27. The number of ether oxygens (including phenoxy) is 1. The van der Waals surface area contributed by atoms with Gasteiger partial charge in [-0.3, -0.25) is 4.99 Å². The van der Waals surface area contributed by atoms with Gasteiger partial charge in [0.1, 0.15) is 5.15 Å². The first-order chi connectivity index (χ1) is 12.2. The molecule has 0 aliphatic carbocycles. The Bertz CT molecular complexity index is 652. The van der Waals surface area contributed by atoms with Crippen molar-refractivity contribution in [2.45, 2.75) is 26.0 Å². The second-order valence-electron chi connectivity index (χ2n) is 5.62. The van der Waals surface area contributed by atoms with Gasteiger partial charge < -0.3 is 15.4 Å². The van der Waals surface area contributed by atoms with E-state index in [0.29, 0.717) is 18.3 Å². The third kappa shape index (κ3) is 8.33. The van der Waals surface area contributed by atoms with Gasteiger partial charge in [0.05, 0.1) is 6.10 Å². The first kappa shape index (κ1) is 22.7. The van der Waals surface area contributed by atoms with Crippen LogP contribution in [0.3, 0.4) is 0 Å². The molecule has 1 heterocycles. The molecule has 0 bridgehead atoms. The summed E-state index contributed by atoms with van der Waals surface area (Å²) in [5.74, 6) is 0.756. The van der Waals surface area contributed by atoms with Crippen LogP contribution in [0.4, 0.5) is 0 Å². The van der Waals surface area contributed by atoms with Crippen molar-refractivity contribution >= 4 is 41.5 Å². The number of hydrogen-bond acceptors (Lipinski definition) is 3. The largest absolute Gasteiger partial charge is 0.374 e. The normalized spacial score (nSPS) is 12.2. The molecule has 2 aromatic rings. The third-order valence-corrected chi connectivity index (χ3v) is 3.95. The van der Waals surface area contributed by atoms with E-state index in [1.54, 1.807) is 19.3 Å². The molecule has 142 valence electrons. The summed E-state index contributed by atoms with van der Waals surface area (Å²) in [5.41, 5.74) is 2.25. The van der Waals surface area contributed by atoms with Crippen molar-refractivity contribution < 1.29 is 4.74 Å².